The van der Waals surface area contributed by atoms with E-state index in [4.69, 9.17) is 4.74 Å². The number of carbonyl (C=O) groups excluding carboxylic acids is 1. The van der Waals surface area contributed by atoms with Gasteiger partial charge in [-0.1, -0.05) is 13.8 Å². The van der Waals surface area contributed by atoms with Gasteiger partial charge in [-0.05, 0) is 33.1 Å². The van der Waals surface area contributed by atoms with Gasteiger partial charge in [-0.2, -0.15) is 0 Å². The van der Waals surface area contributed by atoms with E-state index in [1.807, 2.05) is 13.8 Å². The average Bonchev–Trinajstić information content (AvgIpc) is 2.37. The molecule has 0 aliphatic heterocycles. The smallest absolute Gasteiger partial charge is 0.421 e. The van der Waals surface area contributed by atoms with Crippen LogP contribution >= 0.6 is 0 Å². The molecule has 1 aromatic heterocycles. The molecular weight excluding hydrogens is 234 g/mol. The first-order chi connectivity index (χ1) is 8.11. The molecule has 0 radical (unpaired) electrons. The maximum absolute atomic E-state index is 12.0. The number of nitrogens with zero attached hydrogens (tertiary/aromatic N) is 1. The van der Waals surface area contributed by atoms with Crippen molar-refractivity contribution < 1.29 is 19.7 Å². The van der Waals surface area contributed by atoms with Crippen LogP contribution in [0.5, 0.6) is 11.6 Å². The largest absolute Gasteiger partial charge is 0.506 e. The van der Waals surface area contributed by atoms with Crippen LogP contribution < -0.4 is 0 Å². The van der Waals surface area contributed by atoms with Crippen LogP contribution in [0.3, 0.4) is 0 Å². The van der Waals surface area contributed by atoms with Crippen molar-refractivity contribution in [2.24, 2.45) is 5.92 Å². The molecule has 0 unspecified atom stereocenters. The van der Waals surface area contributed by atoms with Crippen LogP contribution in [0.25, 0.3) is 0 Å². The zero-order valence-electron chi connectivity index (χ0n) is 11.5. The summed E-state index contributed by atoms with van der Waals surface area (Å²) in [6.07, 6.45) is -0.206. The maximum atomic E-state index is 12.0. The highest BCUT2D eigenvalue weighted by molar-refractivity contribution is 5.75. The van der Waals surface area contributed by atoms with Gasteiger partial charge >= 0.3 is 6.09 Å². The second-order valence-corrected chi connectivity index (χ2v) is 5.75. The Bertz CT molecular complexity index is 441. The van der Waals surface area contributed by atoms with Gasteiger partial charge < -0.3 is 14.9 Å². The van der Waals surface area contributed by atoms with Crippen molar-refractivity contribution in [3.63, 3.8) is 0 Å². The van der Waals surface area contributed by atoms with Crippen molar-refractivity contribution in [2.75, 3.05) is 0 Å². The monoisotopic (exact) mass is 255 g/mol. The van der Waals surface area contributed by atoms with Crippen LogP contribution in [-0.4, -0.2) is 26.5 Å². The molecule has 1 rings (SSSR count). The van der Waals surface area contributed by atoms with Crippen LogP contribution in [0.4, 0.5) is 4.79 Å². The molecule has 1 aromatic rings. The molecule has 0 saturated carbocycles. The van der Waals surface area contributed by atoms with Crippen molar-refractivity contribution in [3.8, 4) is 11.6 Å². The van der Waals surface area contributed by atoms with E-state index in [-0.39, 0.29) is 17.5 Å². The fourth-order valence-corrected chi connectivity index (χ4v) is 1.62. The minimum atomic E-state index is -0.684. The summed E-state index contributed by atoms with van der Waals surface area (Å²) in [6, 6.07) is 1.15. The lowest BCUT2D eigenvalue weighted by Crippen LogP contribution is -2.28. The predicted octanol–water partition coefficient (Wildman–Crippen LogP) is 2.88. The molecule has 102 valence electrons. The van der Waals surface area contributed by atoms with E-state index in [0.717, 1.165) is 10.6 Å². The fourth-order valence-electron chi connectivity index (χ4n) is 1.62. The van der Waals surface area contributed by atoms with Crippen molar-refractivity contribution in [1.82, 2.24) is 4.57 Å². The Morgan fingerprint density at radius 2 is 1.94 bits per heavy atom. The molecule has 0 atom stereocenters. The SMILES string of the molecule is CC(C)Cc1c(O)cc(O)n1C(=O)OC(C)(C)C. The summed E-state index contributed by atoms with van der Waals surface area (Å²) in [5.41, 5.74) is -0.282. The van der Waals surface area contributed by atoms with Crippen LogP contribution in [0.1, 0.15) is 40.3 Å². The molecule has 0 saturated heterocycles. The minimum absolute atomic E-state index is 0.0907. The molecule has 0 fully saturated rings. The van der Waals surface area contributed by atoms with Crippen LogP contribution in [0.2, 0.25) is 0 Å². The topological polar surface area (TPSA) is 71.7 Å². The Balaban J connectivity index is 3.11. The normalized spacial score (nSPS) is 11.9. The van der Waals surface area contributed by atoms with Crippen molar-refractivity contribution >= 4 is 6.09 Å². The molecule has 0 amide bonds. The number of aromatic hydroxyl groups is 2. The number of hydrogen-bond acceptors (Lipinski definition) is 4. The van der Waals surface area contributed by atoms with Crippen LogP contribution in [-0.2, 0) is 11.2 Å². The maximum Gasteiger partial charge on any atom is 0.421 e. The van der Waals surface area contributed by atoms with Gasteiger partial charge in [0, 0.05) is 6.07 Å². The standard InChI is InChI=1S/C13H21NO4/c1-8(2)6-9-10(15)7-11(16)14(9)12(17)18-13(3,4)5/h7-8,15-16H,6H2,1-5H3. The summed E-state index contributed by atoms with van der Waals surface area (Å²) in [5.74, 6) is -0.157. The molecule has 0 aromatic carbocycles. The second-order valence-electron chi connectivity index (χ2n) is 5.75. The Kier molecular flexibility index (Phi) is 3.94. The average molecular weight is 255 g/mol. The third kappa shape index (κ3) is 3.42. The summed E-state index contributed by atoms with van der Waals surface area (Å²) < 4.78 is 6.21. The van der Waals surface area contributed by atoms with Gasteiger partial charge in [0.05, 0.1) is 5.69 Å². The lowest BCUT2D eigenvalue weighted by molar-refractivity contribution is 0.0519. The first kappa shape index (κ1) is 14.4. The third-order valence-corrected chi connectivity index (χ3v) is 2.24. The first-order valence-corrected chi connectivity index (χ1v) is 5.97. The fraction of sp³-hybridized carbons (Fsp3) is 0.615. The van der Waals surface area contributed by atoms with Gasteiger partial charge in [-0.25, -0.2) is 9.36 Å². The van der Waals surface area contributed by atoms with E-state index in [1.165, 1.54) is 0 Å². The van der Waals surface area contributed by atoms with E-state index in [9.17, 15) is 15.0 Å². The van der Waals surface area contributed by atoms with Gasteiger partial charge in [0.1, 0.15) is 11.4 Å². The number of rotatable bonds is 2. The van der Waals surface area contributed by atoms with Crippen LogP contribution in [0.15, 0.2) is 6.07 Å². The Labute approximate surface area is 107 Å². The van der Waals surface area contributed by atoms with E-state index in [0.29, 0.717) is 12.1 Å². The van der Waals surface area contributed by atoms with E-state index < -0.39 is 11.7 Å². The van der Waals surface area contributed by atoms with Gasteiger partial charge in [-0.3, -0.25) is 0 Å². The summed E-state index contributed by atoms with van der Waals surface area (Å²) >= 11 is 0. The lowest BCUT2D eigenvalue weighted by Gasteiger charge is -2.21. The van der Waals surface area contributed by atoms with Gasteiger partial charge in [-0.15, -0.1) is 0 Å². The minimum Gasteiger partial charge on any atom is -0.506 e. The molecule has 0 bridgehead atoms. The summed E-state index contributed by atoms with van der Waals surface area (Å²) in [7, 11) is 0. The number of aromatic nitrogens is 1. The van der Waals surface area contributed by atoms with E-state index >= 15 is 0 Å². The van der Waals surface area contributed by atoms with Gasteiger partial charge in [0.25, 0.3) is 0 Å². The Hall–Kier alpha value is -1.65. The molecule has 18 heavy (non-hydrogen) atoms. The number of carbonyl (C=O) groups is 1. The molecular formula is C13H21NO4. The summed E-state index contributed by atoms with van der Waals surface area (Å²) in [6.45, 7) is 9.15. The molecule has 0 spiro atoms. The lowest BCUT2D eigenvalue weighted by atomic mass is 10.1. The third-order valence-electron chi connectivity index (χ3n) is 2.24. The number of hydrogen-bond donors (Lipinski definition) is 2. The van der Waals surface area contributed by atoms with Gasteiger partial charge in [0.2, 0.25) is 5.88 Å². The quantitative estimate of drug-likeness (QED) is 0.852. The zero-order chi connectivity index (χ0) is 14.1. The molecule has 5 heteroatoms. The van der Waals surface area contributed by atoms with Crippen molar-refractivity contribution in [2.45, 2.75) is 46.6 Å². The Morgan fingerprint density at radius 3 is 2.39 bits per heavy atom. The molecule has 5 nitrogen and oxygen atoms in total. The van der Waals surface area contributed by atoms with Gasteiger partial charge in [0.15, 0.2) is 0 Å². The molecule has 2 N–H and O–H groups in total. The molecule has 1 heterocycles. The molecule has 0 aliphatic carbocycles. The highest BCUT2D eigenvalue weighted by Gasteiger charge is 2.25. The summed E-state index contributed by atoms with van der Waals surface area (Å²) in [4.78, 5) is 12.0. The van der Waals surface area contributed by atoms with E-state index in [2.05, 4.69) is 0 Å². The van der Waals surface area contributed by atoms with Crippen LogP contribution in [0, 0.1) is 5.92 Å². The Morgan fingerprint density at radius 1 is 1.39 bits per heavy atom. The van der Waals surface area contributed by atoms with Crippen molar-refractivity contribution in [1.29, 1.82) is 0 Å². The second kappa shape index (κ2) is 4.92. The number of ether oxygens (including phenoxy) is 1. The summed E-state index contributed by atoms with van der Waals surface area (Å²) in [5, 5.41) is 19.4. The molecule has 0 aliphatic rings. The highest BCUT2D eigenvalue weighted by Crippen LogP contribution is 2.30. The predicted molar refractivity (Wildman–Crippen MR) is 67.9 cm³/mol. The highest BCUT2D eigenvalue weighted by atomic mass is 16.6. The zero-order valence-corrected chi connectivity index (χ0v) is 11.5. The van der Waals surface area contributed by atoms with Crippen molar-refractivity contribution in [3.05, 3.63) is 11.8 Å². The van der Waals surface area contributed by atoms with E-state index in [1.54, 1.807) is 20.8 Å². The first-order valence-electron chi connectivity index (χ1n) is 5.97.